The molecule has 0 radical (unpaired) electrons. The summed E-state index contributed by atoms with van der Waals surface area (Å²) in [6.45, 7) is 0. The first kappa shape index (κ1) is 17.8. The van der Waals surface area contributed by atoms with Crippen LogP contribution in [0.3, 0.4) is 0 Å². The van der Waals surface area contributed by atoms with E-state index in [4.69, 9.17) is 11.6 Å². The summed E-state index contributed by atoms with van der Waals surface area (Å²) in [5, 5.41) is -0.481. The fraction of sp³-hybridized carbons (Fsp3) is 0.500. The van der Waals surface area contributed by atoms with E-state index >= 15 is 0 Å². The molecule has 1 aliphatic carbocycles. The molecule has 122 valence electrons. The SMILES string of the molecule is CS(=O)(=O)N[C@H]1CC[C@](Cc2ccc(F)c(Br)c2)(C(=O)Cl)C1. The van der Waals surface area contributed by atoms with Crippen molar-refractivity contribution in [1.82, 2.24) is 4.72 Å². The zero-order chi connectivity index (χ0) is 16.5. The molecule has 0 aliphatic heterocycles. The topological polar surface area (TPSA) is 63.2 Å². The highest BCUT2D eigenvalue weighted by atomic mass is 79.9. The first-order chi connectivity index (χ1) is 10.1. The van der Waals surface area contributed by atoms with Crippen LogP contribution in [0.25, 0.3) is 0 Å². The van der Waals surface area contributed by atoms with Crippen molar-refractivity contribution in [2.75, 3.05) is 6.26 Å². The predicted octanol–water partition coefficient (Wildman–Crippen LogP) is 2.98. The van der Waals surface area contributed by atoms with E-state index in [0.717, 1.165) is 11.8 Å². The van der Waals surface area contributed by atoms with Crippen molar-refractivity contribution in [3.8, 4) is 0 Å². The summed E-state index contributed by atoms with van der Waals surface area (Å²) in [4.78, 5) is 11.9. The van der Waals surface area contributed by atoms with Gasteiger partial charge in [-0.25, -0.2) is 17.5 Å². The van der Waals surface area contributed by atoms with Gasteiger partial charge in [0.15, 0.2) is 0 Å². The van der Waals surface area contributed by atoms with Crippen molar-refractivity contribution in [1.29, 1.82) is 0 Å². The lowest BCUT2D eigenvalue weighted by Crippen LogP contribution is -2.35. The molecule has 0 aromatic heterocycles. The Labute approximate surface area is 142 Å². The van der Waals surface area contributed by atoms with Gasteiger partial charge in [-0.1, -0.05) is 6.07 Å². The van der Waals surface area contributed by atoms with Crippen LogP contribution in [0, 0.1) is 11.2 Å². The first-order valence-electron chi connectivity index (χ1n) is 6.72. The lowest BCUT2D eigenvalue weighted by atomic mass is 9.81. The second kappa shape index (κ2) is 6.55. The van der Waals surface area contributed by atoms with Gasteiger partial charge < -0.3 is 0 Å². The number of nitrogens with one attached hydrogen (secondary N) is 1. The van der Waals surface area contributed by atoms with Gasteiger partial charge in [0.25, 0.3) is 0 Å². The summed E-state index contributed by atoms with van der Waals surface area (Å²) >= 11 is 8.91. The lowest BCUT2D eigenvalue weighted by molar-refractivity contribution is -0.120. The van der Waals surface area contributed by atoms with Crippen LogP contribution >= 0.6 is 27.5 Å². The Hall–Kier alpha value is -0.500. The van der Waals surface area contributed by atoms with Crippen LogP contribution in [0.4, 0.5) is 4.39 Å². The highest BCUT2D eigenvalue weighted by molar-refractivity contribution is 9.10. The summed E-state index contributed by atoms with van der Waals surface area (Å²) in [7, 11) is -3.33. The highest BCUT2D eigenvalue weighted by Gasteiger charge is 2.45. The molecule has 2 atom stereocenters. The van der Waals surface area contributed by atoms with Crippen LogP contribution in [-0.2, 0) is 21.2 Å². The third kappa shape index (κ3) is 4.28. The Morgan fingerprint density at radius 2 is 2.23 bits per heavy atom. The highest BCUT2D eigenvalue weighted by Crippen LogP contribution is 2.43. The van der Waals surface area contributed by atoms with E-state index < -0.39 is 20.7 Å². The van der Waals surface area contributed by atoms with Gasteiger partial charge in [-0.2, -0.15) is 0 Å². The molecular formula is C14H16BrClFNO3S. The Morgan fingerprint density at radius 1 is 1.55 bits per heavy atom. The number of halogens is 3. The zero-order valence-corrected chi connectivity index (χ0v) is 15.1. The van der Waals surface area contributed by atoms with Crippen LogP contribution in [0.15, 0.2) is 22.7 Å². The average Bonchev–Trinajstić information content (AvgIpc) is 2.76. The number of hydrogen-bond acceptors (Lipinski definition) is 3. The molecule has 1 aliphatic rings. The number of rotatable bonds is 5. The standard InChI is InChI=1S/C14H16BrClFNO3S/c1-22(20,21)18-10-4-5-14(8-10,13(16)19)7-9-2-3-12(17)11(15)6-9/h2-3,6,10,18H,4-5,7-8H2,1H3/t10-,14+/m0/s1. The van der Waals surface area contributed by atoms with Gasteiger partial charge >= 0.3 is 0 Å². The molecule has 1 saturated carbocycles. The minimum absolute atomic E-state index is 0.304. The second-order valence-corrected chi connectivity index (χ2v) is 8.79. The van der Waals surface area contributed by atoms with Crippen molar-refractivity contribution in [3.05, 3.63) is 34.1 Å². The average molecular weight is 413 g/mol. The van der Waals surface area contributed by atoms with Crippen molar-refractivity contribution in [2.24, 2.45) is 5.41 Å². The maximum Gasteiger partial charge on any atom is 0.228 e. The van der Waals surface area contributed by atoms with E-state index in [-0.39, 0.29) is 11.9 Å². The van der Waals surface area contributed by atoms with Crippen LogP contribution < -0.4 is 4.72 Å². The van der Waals surface area contributed by atoms with Gasteiger partial charge in [0.1, 0.15) is 5.82 Å². The maximum absolute atomic E-state index is 13.3. The third-order valence-corrected chi connectivity index (χ3v) is 5.70. The van der Waals surface area contributed by atoms with E-state index in [9.17, 15) is 17.6 Å². The summed E-state index contributed by atoms with van der Waals surface area (Å²) in [5.41, 5.74) is -0.0384. The van der Waals surface area contributed by atoms with E-state index in [2.05, 4.69) is 20.7 Å². The van der Waals surface area contributed by atoms with E-state index in [0.29, 0.717) is 30.2 Å². The van der Waals surface area contributed by atoms with Crippen molar-refractivity contribution in [2.45, 2.75) is 31.7 Å². The first-order valence-corrected chi connectivity index (χ1v) is 9.79. The zero-order valence-electron chi connectivity index (χ0n) is 11.9. The Morgan fingerprint density at radius 3 is 2.77 bits per heavy atom. The number of sulfonamides is 1. The van der Waals surface area contributed by atoms with E-state index in [1.54, 1.807) is 12.1 Å². The molecule has 2 rings (SSSR count). The monoisotopic (exact) mass is 411 g/mol. The van der Waals surface area contributed by atoms with Gasteiger partial charge in [0.2, 0.25) is 15.3 Å². The molecule has 1 N–H and O–H groups in total. The van der Waals surface area contributed by atoms with Gasteiger partial charge in [-0.15, -0.1) is 0 Å². The van der Waals surface area contributed by atoms with Gasteiger partial charge in [-0.3, -0.25) is 4.79 Å². The quantitative estimate of drug-likeness (QED) is 0.756. The number of benzene rings is 1. The fourth-order valence-electron chi connectivity index (χ4n) is 2.98. The number of carbonyl (C=O) groups excluding carboxylic acids is 1. The van der Waals surface area contributed by atoms with Crippen molar-refractivity contribution in [3.63, 3.8) is 0 Å². The van der Waals surface area contributed by atoms with Crippen LogP contribution in [0.1, 0.15) is 24.8 Å². The molecule has 0 amide bonds. The molecule has 4 nitrogen and oxygen atoms in total. The summed E-state index contributed by atoms with van der Waals surface area (Å²) in [6, 6.07) is 4.25. The smallest absolute Gasteiger partial charge is 0.228 e. The third-order valence-electron chi connectivity index (χ3n) is 3.93. The Bertz CT molecular complexity index is 697. The largest absolute Gasteiger partial charge is 0.281 e. The number of carbonyl (C=O) groups is 1. The summed E-state index contributed by atoms with van der Waals surface area (Å²) in [5.74, 6) is -0.377. The second-order valence-electron chi connectivity index (χ2n) is 5.81. The van der Waals surface area contributed by atoms with Crippen LogP contribution in [-0.4, -0.2) is 26.0 Å². The lowest BCUT2D eigenvalue weighted by Gasteiger charge is -2.25. The molecular weight excluding hydrogens is 397 g/mol. The molecule has 0 saturated heterocycles. The molecule has 0 heterocycles. The number of hydrogen-bond donors (Lipinski definition) is 1. The molecule has 22 heavy (non-hydrogen) atoms. The molecule has 1 aromatic carbocycles. The van der Waals surface area contributed by atoms with Crippen molar-refractivity contribution >= 4 is 42.8 Å². The minimum Gasteiger partial charge on any atom is -0.281 e. The predicted molar refractivity (Wildman–Crippen MR) is 86.7 cm³/mol. The normalized spacial score (nSPS) is 25.4. The van der Waals surface area contributed by atoms with E-state index in [1.165, 1.54) is 6.07 Å². The van der Waals surface area contributed by atoms with Crippen LogP contribution in [0.2, 0.25) is 0 Å². The minimum atomic E-state index is -3.33. The summed E-state index contributed by atoms with van der Waals surface area (Å²) in [6.07, 6.45) is 2.84. The Balaban J connectivity index is 2.20. The van der Waals surface area contributed by atoms with Crippen molar-refractivity contribution < 1.29 is 17.6 Å². The van der Waals surface area contributed by atoms with Gasteiger partial charge in [0.05, 0.1) is 16.1 Å². The molecule has 8 heteroatoms. The van der Waals surface area contributed by atoms with Gasteiger partial charge in [-0.05, 0) is 70.9 Å². The van der Waals surface area contributed by atoms with E-state index in [1.807, 2.05) is 0 Å². The molecule has 0 bridgehead atoms. The molecule has 1 aromatic rings. The maximum atomic E-state index is 13.3. The summed E-state index contributed by atoms with van der Waals surface area (Å²) < 4.78 is 38.8. The molecule has 0 unspecified atom stereocenters. The van der Waals surface area contributed by atoms with Gasteiger partial charge in [0, 0.05) is 6.04 Å². The molecule has 0 spiro atoms. The molecule has 1 fully saturated rings. The Kier molecular flexibility index (Phi) is 5.31. The fourth-order valence-corrected chi connectivity index (χ4v) is 4.45. The van der Waals surface area contributed by atoms with Crippen LogP contribution in [0.5, 0.6) is 0 Å².